The van der Waals surface area contributed by atoms with Crippen molar-refractivity contribution in [2.45, 2.75) is 32.6 Å². The van der Waals surface area contributed by atoms with Crippen molar-refractivity contribution in [2.24, 2.45) is 0 Å². The molecular weight excluding hydrogens is 218 g/mol. The van der Waals surface area contributed by atoms with Gasteiger partial charge in [-0.3, -0.25) is 0 Å². The normalized spacial score (nSPS) is 11.9. The fraction of sp³-hybridized carbons (Fsp3) is 1.00. The van der Waals surface area contributed by atoms with Gasteiger partial charge in [0.15, 0.2) is 0 Å². The molecule has 0 aromatic heterocycles. The first-order chi connectivity index (χ1) is 6.62. The van der Waals surface area contributed by atoms with E-state index in [-0.39, 0.29) is 5.75 Å². The van der Waals surface area contributed by atoms with Crippen molar-refractivity contribution in [3.05, 3.63) is 0 Å². The number of hydrogen-bond acceptors (Lipinski definition) is 3. The standard InChI is InChI=1S/C9H21NO2S2/c1-3-14(11,12)10-8-6-4-5-7-9-13-2/h10H,3-9H2,1-2H3. The molecule has 3 nitrogen and oxygen atoms in total. The zero-order chi connectivity index (χ0) is 10.9. The number of rotatable bonds is 9. The summed E-state index contributed by atoms with van der Waals surface area (Å²) in [5, 5.41) is 0. The molecule has 0 amide bonds. The molecule has 0 radical (unpaired) electrons. The molecule has 0 aliphatic carbocycles. The van der Waals surface area contributed by atoms with Crippen LogP contribution in [-0.4, -0.2) is 32.7 Å². The molecule has 1 N–H and O–H groups in total. The average Bonchev–Trinajstić information content (AvgIpc) is 2.16. The van der Waals surface area contributed by atoms with Crippen LogP contribution in [0.2, 0.25) is 0 Å². The summed E-state index contributed by atoms with van der Waals surface area (Å²) in [6.07, 6.45) is 6.62. The molecule has 14 heavy (non-hydrogen) atoms. The van der Waals surface area contributed by atoms with Crippen molar-refractivity contribution in [2.75, 3.05) is 24.3 Å². The molecule has 0 aliphatic rings. The molecule has 0 spiro atoms. The third-order valence-electron chi connectivity index (χ3n) is 1.98. The second-order valence-electron chi connectivity index (χ2n) is 3.20. The fourth-order valence-corrected chi connectivity index (χ4v) is 2.21. The Hall–Kier alpha value is 0.260. The Morgan fingerprint density at radius 1 is 1.14 bits per heavy atom. The van der Waals surface area contributed by atoms with E-state index in [1.807, 2.05) is 11.8 Å². The maximum atomic E-state index is 11.0. The smallest absolute Gasteiger partial charge is 0.211 e. The van der Waals surface area contributed by atoms with Gasteiger partial charge in [0.1, 0.15) is 0 Å². The summed E-state index contributed by atoms with van der Waals surface area (Å²) in [4.78, 5) is 0. The molecule has 0 heterocycles. The Morgan fingerprint density at radius 3 is 2.36 bits per heavy atom. The lowest BCUT2D eigenvalue weighted by Crippen LogP contribution is -2.26. The average molecular weight is 239 g/mol. The van der Waals surface area contributed by atoms with E-state index in [0.717, 1.165) is 12.8 Å². The maximum absolute atomic E-state index is 11.0. The zero-order valence-electron chi connectivity index (χ0n) is 9.08. The van der Waals surface area contributed by atoms with Gasteiger partial charge in [-0.15, -0.1) is 0 Å². The Morgan fingerprint density at radius 2 is 1.79 bits per heavy atom. The first-order valence-electron chi connectivity index (χ1n) is 5.08. The fourth-order valence-electron chi connectivity index (χ4n) is 1.05. The number of sulfonamides is 1. The van der Waals surface area contributed by atoms with Crippen LogP contribution in [0.15, 0.2) is 0 Å². The van der Waals surface area contributed by atoms with Crippen molar-refractivity contribution in [1.82, 2.24) is 4.72 Å². The molecule has 0 aromatic rings. The van der Waals surface area contributed by atoms with Crippen molar-refractivity contribution in [3.63, 3.8) is 0 Å². The summed E-state index contributed by atoms with van der Waals surface area (Å²) >= 11 is 1.86. The lowest BCUT2D eigenvalue weighted by atomic mass is 10.2. The summed E-state index contributed by atoms with van der Waals surface area (Å²) in [6, 6.07) is 0. The van der Waals surface area contributed by atoms with Crippen molar-refractivity contribution >= 4 is 21.8 Å². The number of hydrogen-bond donors (Lipinski definition) is 1. The Labute approximate surface area is 92.1 Å². The van der Waals surface area contributed by atoms with Crippen molar-refractivity contribution < 1.29 is 8.42 Å². The lowest BCUT2D eigenvalue weighted by molar-refractivity contribution is 0.575. The molecule has 0 aliphatic heterocycles. The molecule has 0 fully saturated rings. The highest BCUT2D eigenvalue weighted by Gasteiger charge is 2.03. The van der Waals surface area contributed by atoms with Crippen LogP contribution in [0.1, 0.15) is 32.6 Å². The SMILES string of the molecule is CCS(=O)(=O)NCCCCCCSC. The van der Waals surface area contributed by atoms with Crippen LogP contribution in [0.3, 0.4) is 0 Å². The number of thioether (sulfide) groups is 1. The van der Waals surface area contributed by atoms with Crippen molar-refractivity contribution in [1.29, 1.82) is 0 Å². The highest BCUT2D eigenvalue weighted by molar-refractivity contribution is 7.98. The molecule has 0 aromatic carbocycles. The molecule has 0 bridgehead atoms. The second kappa shape index (κ2) is 8.56. The summed E-state index contributed by atoms with van der Waals surface area (Å²) in [7, 11) is -2.97. The lowest BCUT2D eigenvalue weighted by Gasteiger charge is -2.03. The van der Waals surface area contributed by atoms with Crippen LogP contribution in [0.5, 0.6) is 0 Å². The van der Waals surface area contributed by atoms with Crippen LogP contribution in [-0.2, 0) is 10.0 Å². The van der Waals surface area contributed by atoms with Crippen LogP contribution in [0.4, 0.5) is 0 Å². The van der Waals surface area contributed by atoms with E-state index < -0.39 is 10.0 Å². The minimum absolute atomic E-state index is 0.180. The van der Waals surface area contributed by atoms with Gasteiger partial charge in [0.2, 0.25) is 10.0 Å². The summed E-state index contributed by atoms with van der Waals surface area (Å²) in [5.41, 5.74) is 0. The highest BCUT2D eigenvalue weighted by Crippen LogP contribution is 2.03. The Kier molecular flexibility index (Phi) is 8.72. The van der Waals surface area contributed by atoms with Gasteiger partial charge in [-0.2, -0.15) is 11.8 Å². The molecule has 0 unspecified atom stereocenters. The van der Waals surface area contributed by atoms with Crippen molar-refractivity contribution in [3.8, 4) is 0 Å². The van der Waals surface area contributed by atoms with Gasteiger partial charge in [0.05, 0.1) is 5.75 Å². The predicted octanol–water partition coefficient (Wildman–Crippen LogP) is 1.85. The monoisotopic (exact) mass is 239 g/mol. The van der Waals surface area contributed by atoms with Gasteiger partial charge in [0.25, 0.3) is 0 Å². The molecule has 5 heteroatoms. The predicted molar refractivity (Wildman–Crippen MR) is 64.3 cm³/mol. The topological polar surface area (TPSA) is 46.2 Å². The molecule has 0 saturated carbocycles. The van der Waals surface area contributed by atoms with Gasteiger partial charge >= 0.3 is 0 Å². The molecular formula is C9H21NO2S2. The maximum Gasteiger partial charge on any atom is 0.211 e. The third kappa shape index (κ3) is 8.84. The summed E-state index contributed by atoms with van der Waals surface area (Å²) in [5.74, 6) is 1.39. The molecule has 86 valence electrons. The highest BCUT2D eigenvalue weighted by atomic mass is 32.2. The van der Waals surface area contributed by atoms with Gasteiger partial charge < -0.3 is 0 Å². The van der Waals surface area contributed by atoms with Gasteiger partial charge in [-0.25, -0.2) is 13.1 Å². The van der Waals surface area contributed by atoms with E-state index in [4.69, 9.17) is 0 Å². The summed E-state index contributed by atoms with van der Waals surface area (Å²) in [6.45, 7) is 2.25. The van der Waals surface area contributed by atoms with Crippen LogP contribution >= 0.6 is 11.8 Å². The first-order valence-corrected chi connectivity index (χ1v) is 8.13. The molecule has 0 saturated heterocycles. The van der Waals surface area contributed by atoms with Crippen LogP contribution in [0, 0.1) is 0 Å². The van der Waals surface area contributed by atoms with E-state index in [1.54, 1.807) is 6.92 Å². The van der Waals surface area contributed by atoms with E-state index in [1.165, 1.54) is 18.6 Å². The quantitative estimate of drug-likeness (QED) is 0.625. The largest absolute Gasteiger partial charge is 0.215 e. The molecule has 0 rings (SSSR count). The van der Waals surface area contributed by atoms with E-state index in [2.05, 4.69) is 11.0 Å². The van der Waals surface area contributed by atoms with Gasteiger partial charge in [-0.1, -0.05) is 12.8 Å². The minimum atomic E-state index is -2.97. The van der Waals surface area contributed by atoms with E-state index in [0.29, 0.717) is 6.54 Å². The zero-order valence-corrected chi connectivity index (χ0v) is 10.7. The minimum Gasteiger partial charge on any atom is -0.215 e. The van der Waals surface area contributed by atoms with Crippen LogP contribution < -0.4 is 4.72 Å². The van der Waals surface area contributed by atoms with Crippen LogP contribution in [0.25, 0.3) is 0 Å². The Bertz CT molecular complexity index is 215. The Balaban J connectivity index is 3.22. The third-order valence-corrected chi connectivity index (χ3v) is 4.08. The second-order valence-corrected chi connectivity index (χ2v) is 6.29. The van der Waals surface area contributed by atoms with E-state index >= 15 is 0 Å². The van der Waals surface area contributed by atoms with Gasteiger partial charge in [-0.05, 0) is 31.8 Å². The molecule has 0 atom stereocenters. The summed E-state index contributed by atoms with van der Waals surface area (Å²) < 4.78 is 24.6. The van der Waals surface area contributed by atoms with Gasteiger partial charge in [0, 0.05) is 6.54 Å². The number of nitrogens with one attached hydrogen (secondary N) is 1. The first kappa shape index (κ1) is 14.3. The van der Waals surface area contributed by atoms with E-state index in [9.17, 15) is 8.42 Å². The number of unbranched alkanes of at least 4 members (excludes halogenated alkanes) is 3.